The third-order valence-electron chi connectivity index (χ3n) is 4.54. The number of alkyl halides is 27. The largest absolute Gasteiger partial charge is 0.460 e. The van der Waals surface area contributed by atoms with Gasteiger partial charge in [-0.3, -0.25) is 0 Å². The summed E-state index contributed by atoms with van der Waals surface area (Å²) in [7, 11) is -20.0. The van der Waals surface area contributed by atoms with Crippen molar-refractivity contribution in [2.24, 2.45) is 0 Å². The van der Waals surface area contributed by atoms with Crippen LogP contribution in [-0.4, -0.2) is 95.1 Å². The van der Waals surface area contributed by atoms with Crippen molar-refractivity contribution in [3.8, 4) is 0 Å². The van der Waals surface area contributed by atoms with Crippen LogP contribution in [0.25, 0.3) is 0 Å². The summed E-state index contributed by atoms with van der Waals surface area (Å²) in [5.74, 6) is -43.6. The summed E-state index contributed by atoms with van der Waals surface area (Å²) in [5.41, 5.74) is 0. The van der Waals surface area contributed by atoms with Crippen LogP contribution in [0.1, 0.15) is 0 Å². The smallest absolute Gasteiger partial charge is 0.194 e. The minimum absolute atomic E-state index is 0.117. The van der Waals surface area contributed by atoms with Crippen LogP contribution >= 0.6 is 69.0 Å². The normalized spacial score (nSPS) is 15.9. The number of rotatable bonds is 12. The molecule has 0 N–H and O–H groups in total. The molecular weight excluding hydrogens is 1280 g/mol. The van der Waals surface area contributed by atoms with E-state index in [2.05, 4.69) is 7.54 Å². The van der Waals surface area contributed by atoms with E-state index in [0.29, 0.717) is 0 Å². The van der Waals surface area contributed by atoms with Gasteiger partial charge in [-0.2, -0.15) is 151 Å². The lowest BCUT2D eigenvalue weighted by Crippen LogP contribution is -2.63. The minimum atomic E-state index is -7.27. The van der Waals surface area contributed by atoms with Crippen molar-refractivity contribution >= 4 is 99.4 Å². The highest BCUT2D eigenvalue weighted by molar-refractivity contribution is 14.1. The molecule has 0 aliphatic carbocycles. The predicted octanol–water partition coefficient (Wildman–Crippen LogP) is 9.33. The van der Waals surface area contributed by atoms with E-state index in [9.17, 15) is 144 Å². The summed E-state index contributed by atoms with van der Waals surface area (Å²) >= 11 is 0.351. The Morgan fingerprint density at radius 3 is 0.444 bits per heavy atom. The van der Waals surface area contributed by atoms with E-state index in [0.717, 1.165) is 0 Å². The molecule has 0 saturated heterocycles. The summed E-state index contributed by atoms with van der Waals surface area (Å²) in [4.78, 5) is 0. The fourth-order valence-corrected chi connectivity index (χ4v) is 5.27. The van der Waals surface area contributed by atoms with Gasteiger partial charge in [-0.25, -0.2) is 0 Å². The van der Waals surface area contributed by atoms with E-state index in [1.165, 1.54) is 0 Å². The lowest BCUT2D eigenvalue weighted by molar-refractivity contribution is -0.382. The number of halogens is 30. The van der Waals surface area contributed by atoms with Crippen molar-refractivity contribution in [1.82, 2.24) is 0 Å². The lowest BCUT2D eigenvalue weighted by atomic mass is 10.1. The molecule has 0 aromatic carbocycles. The second-order valence-electron chi connectivity index (χ2n) is 8.04. The van der Waals surface area contributed by atoms with E-state index >= 15 is 0 Å². The van der Waals surface area contributed by atoms with Gasteiger partial charge in [0.1, 0.15) is 69.0 Å². The molecule has 0 fully saturated rings. The highest BCUT2D eigenvalue weighted by atomic mass is 127. The molecule has 9 nitrogen and oxygen atoms in total. The maximum atomic E-state index is 12.6. The van der Waals surface area contributed by atoms with Crippen LogP contribution in [0.3, 0.4) is 0 Å². The first-order chi connectivity index (χ1) is 22.7. The average Bonchev–Trinajstić information content (AvgIpc) is 2.94. The van der Waals surface area contributed by atoms with Crippen LogP contribution in [0.2, 0.25) is 0 Å². The van der Waals surface area contributed by atoms with Crippen LogP contribution in [-0.2, 0) is 37.9 Å². The molecule has 0 aromatic rings. The predicted molar refractivity (Wildman–Crippen MR) is 135 cm³/mol. The quantitative estimate of drug-likeness (QED) is 0.139. The topological polar surface area (TPSA) is 130 Å². The van der Waals surface area contributed by atoms with Gasteiger partial charge in [0.25, 0.3) is 0 Å². The zero-order valence-electron chi connectivity index (χ0n) is 22.2. The fraction of sp³-hybridized carbons (Fsp3) is 1.00. The number of hydrogen-bond acceptors (Lipinski definition) is 9. The summed E-state index contributed by atoms with van der Waals surface area (Å²) in [6.45, 7) is 0. The van der Waals surface area contributed by atoms with Crippen molar-refractivity contribution in [1.29, 1.82) is 0 Å². The molecule has 0 amide bonds. The standard InChI is InChI=1S/3C4F9IO3S/c3*5-1(6,3(9,10)11)2(7,8)4(12,13)18(15,16)17-14. The molecule has 0 aromatic heterocycles. The molecule has 0 rings (SSSR count). The Kier molecular flexibility index (Phi) is 17.9. The van der Waals surface area contributed by atoms with E-state index in [-0.39, 0.29) is 69.0 Å². The van der Waals surface area contributed by atoms with Gasteiger partial charge in [-0.15, -0.1) is 0 Å². The summed E-state index contributed by atoms with van der Waals surface area (Å²) in [5, 5.41) is -20.3. The van der Waals surface area contributed by atoms with Crippen LogP contribution in [0.15, 0.2) is 0 Å². The minimum Gasteiger partial charge on any atom is -0.194 e. The molecule has 54 heavy (non-hydrogen) atoms. The van der Waals surface area contributed by atoms with Gasteiger partial charge < -0.3 is 0 Å². The van der Waals surface area contributed by atoms with Gasteiger partial charge in [-0.1, -0.05) is 0 Å². The Balaban J connectivity index is -0.000000722. The van der Waals surface area contributed by atoms with Gasteiger partial charge in [-0.05, 0) is 0 Å². The maximum absolute atomic E-state index is 12.6. The molecular formula is C12F27I3O9S3. The van der Waals surface area contributed by atoms with Crippen molar-refractivity contribution in [2.45, 2.75) is 69.8 Å². The van der Waals surface area contributed by atoms with Crippen molar-refractivity contribution in [3.05, 3.63) is 0 Å². The Labute approximate surface area is 319 Å². The first-order valence-electron chi connectivity index (χ1n) is 9.93. The maximum Gasteiger partial charge on any atom is 0.460 e. The number of hydrogen-bond donors (Lipinski definition) is 0. The molecule has 0 spiro atoms. The Bertz CT molecular complexity index is 1430. The lowest BCUT2D eigenvalue weighted by Gasteiger charge is -2.32. The Morgan fingerprint density at radius 1 is 0.259 bits per heavy atom. The fourth-order valence-electron chi connectivity index (χ4n) is 1.67. The Hall–Kier alpha value is 0.0300. The third kappa shape index (κ3) is 9.89. The monoisotopic (exact) mass is 1280 g/mol. The van der Waals surface area contributed by atoms with Crippen molar-refractivity contribution in [3.63, 3.8) is 0 Å². The van der Waals surface area contributed by atoms with E-state index in [1.807, 2.05) is 0 Å². The molecule has 0 unspecified atom stereocenters. The van der Waals surface area contributed by atoms with Crippen LogP contribution in [0.5, 0.6) is 0 Å². The highest BCUT2D eigenvalue weighted by Crippen LogP contribution is 2.57. The molecule has 0 aliphatic heterocycles. The third-order valence-corrected chi connectivity index (χ3v) is 11.9. The van der Waals surface area contributed by atoms with Gasteiger partial charge >= 0.3 is 100 Å². The average molecular weight is 1280 g/mol. The van der Waals surface area contributed by atoms with E-state index < -0.39 is 100 Å². The van der Waals surface area contributed by atoms with Crippen molar-refractivity contribution in [2.75, 3.05) is 0 Å². The molecule has 42 heteroatoms. The molecule has 0 atom stereocenters. The van der Waals surface area contributed by atoms with Gasteiger partial charge in [0, 0.05) is 0 Å². The van der Waals surface area contributed by atoms with Gasteiger partial charge in [0.05, 0.1) is 0 Å². The zero-order valence-corrected chi connectivity index (χ0v) is 31.2. The van der Waals surface area contributed by atoms with Crippen LogP contribution in [0, 0.1) is 0 Å². The molecule has 0 heterocycles. The van der Waals surface area contributed by atoms with Gasteiger partial charge in [0.2, 0.25) is 0 Å². The summed E-state index contributed by atoms with van der Waals surface area (Å²) < 4.78 is 397. The summed E-state index contributed by atoms with van der Waals surface area (Å²) in [6, 6.07) is 0. The first kappa shape index (κ1) is 58.3. The first-order valence-corrected chi connectivity index (χ1v) is 16.8. The second-order valence-corrected chi connectivity index (χ2v) is 15.9. The van der Waals surface area contributed by atoms with Crippen LogP contribution < -0.4 is 0 Å². The van der Waals surface area contributed by atoms with E-state index in [1.54, 1.807) is 0 Å². The highest BCUT2D eigenvalue weighted by Gasteiger charge is 2.88. The molecule has 0 bridgehead atoms. The van der Waals surface area contributed by atoms with Crippen LogP contribution in [0.4, 0.5) is 119 Å². The molecule has 0 saturated carbocycles. The summed E-state index contributed by atoms with van der Waals surface area (Å²) in [6.07, 6.45) is -21.2. The molecule has 0 aliphatic rings. The Morgan fingerprint density at radius 2 is 0.370 bits per heavy atom. The molecule has 0 radical (unpaired) electrons. The second kappa shape index (κ2) is 16.6. The van der Waals surface area contributed by atoms with Gasteiger partial charge in [0.15, 0.2) is 0 Å². The zero-order chi connectivity index (χ0) is 45.6. The van der Waals surface area contributed by atoms with Crippen molar-refractivity contribution < 1.29 is 151 Å². The SMILES string of the molecule is O=S(=O)(OI)C(F)(F)C(F)(F)C(F)(F)C(F)(F)F.O=S(=O)(OI)C(F)(F)C(F)(F)C(F)(F)C(F)(F)F.O=S(=O)(OI)C(F)(F)C(F)(F)C(F)(F)C(F)(F)F. The van der Waals surface area contributed by atoms with E-state index in [4.69, 9.17) is 0 Å². The molecule has 330 valence electrons.